The average molecular weight is 287 g/mol. The van der Waals surface area contributed by atoms with E-state index in [0.717, 1.165) is 32.0 Å². The first-order valence-corrected chi connectivity index (χ1v) is 6.82. The van der Waals surface area contributed by atoms with Gasteiger partial charge in [0.05, 0.1) is 10.3 Å². The third kappa shape index (κ3) is 3.64. The van der Waals surface area contributed by atoms with E-state index in [1.165, 1.54) is 18.6 Å². The second-order valence-electron chi connectivity index (χ2n) is 4.80. The highest BCUT2D eigenvalue weighted by molar-refractivity contribution is 6.21. The third-order valence-electron chi connectivity index (χ3n) is 3.40. The number of nitrogens with zero attached hydrogens (tertiary/aromatic N) is 2. The van der Waals surface area contributed by atoms with Crippen LogP contribution >= 0.6 is 11.6 Å². The molecule has 0 N–H and O–H groups in total. The van der Waals surface area contributed by atoms with Crippen LogP contribution in [0.25, 0.3) is 0 Å². The van der Waals surface area contributed by atoms with Crippen molar-refractivity contribution in [2.45, 2.75) is 24.6 Å². The van der Waals surface area contributed by atoms with E-state index >= 15 is 0 Å². The lowest BCUT2D eigenvalue weighted by molar-refractivity contribution is -0.387. The van der Waals surface area contributed by atoms with Gasteiger partial charge in [0.2, 0.25) is 5.82 Å². The Morgan fingerprint density at radius 2 is 2.05 bits per heavy atom. The van der Waals surface area contributed by atoms with Gasteiger partial charge in [-0.3, -0.25) is 10.1 Å². The summed E-state index contributed by atoms with van der Waals surface area (Å²) in [6.45, 7) is 2.66. The van der Waals surface area contributed by atoms with Crippen LogP contribution in [0.5, 0.6) is 0 Å². The molecule has 1 fully saturated rings. The van der Waals surface area contributed by atoms with Crippen molar-refractivity contribution in [3.63, 3.8) is 0 Å². The summed E-state index contributed by atoms with van der Waals surface area (Å²) in [5.41, 5.74) is 0.0853. The van der Waals surface area contributed by atoms with Crippen molar-refractivity contribution in [2.75, 3.05) is 19.6 Å². The number of halogens is 2. The number of hydrogen-bond donors (Lipinski definition) is 0. The SMILES string of the molecule is O=[N+]([O-])c1cc(C(Cl)CN2CCCCC2)ccc1F. The van der Waals surface area contributed by atoms with Crippen molar-refractivity contribution < 1.29 is 9.31 Å². The van der Waals surface area contributed by atoms with Crippen LogP contribution in [0.2, 0.25) is 0 Å². The summed E-state index contributed by atoms with van der Waals surface area (Å²) in [6, 6.07) is 3.86. The molecular weight excluding hydrogens is 271 g/mol. The molecule has 19 heavy (non-hydrogen) atoms. The minimum absolute atomic E-state index is 0.350. The molecule has 1 aliphatic rings. The highest BCUT2D eigenvalue weighted by Crippen LogP contribution is 2.28. The zero-order valence-corrected chi connectivity index (χ0v) is 11.3. The number of alkyl halides is 1. The Hall–Kier alpha value is -1.20. The lowest BCUT2D eigenvalue weighted by Gasteiger charge is -2.28. The first-order chi connectivity index (χ1) is 9.08. The first-order valence-electron chi connectivity index (χ1n) is 6.38. The van der Waals surface area contributed by atoms with Crippen molar-refractivity contribution in [2.24, 2.45) is 0 Å². The molecule has 0 radical (unpaired) electrons. The smallest absolute Gasteiger partial charge is 0.302 e. The van der Waals surface area contributed by atoms with Crippen molar-refractivity contribution in [1.29, 1.82) is 0 Å². The van der Waals surface area contributed by atoms with E-state index in [0.29, 0.717) is 12.1 Å². The summed E-state index contributed by atoms with van der Waals surface area (Å²) < 4.78 is 13.2. The first kappa shape index (κ1) is 14.2. The van der Waals surface area contributed by atoms with Gasteiger partial charge in [-0.15, -0.1) is 11.6 Å². The normalized spacial score (nSPS) is 18.2. The summed E-state index contributed by atoms with van der Waals surface area (Å²) in [4.78, 5) is 12.2. The quantitative estimate of drug-likeness (QED) is 0.483. The molecule has 1 heterocycles. The molecule has 1 aromatic rings. The van der Waals surface area contributed by atoms with E-state index in [1.54, 1.807) is 0 Å². The van der Waals surface area contributed by atoms with Gasteiger partial charge >= 0.3 is 5.69 Å². The third-order valence-corrected chi connectivity index (χ3v) is 3.79. The highest BCUT2D eigenvalue weighted by Gasteiger charge is 2.20. The van der Waals surface area contributed by atoms with Gasteiger partial charge < -0.3 is 4.90 Å². The molecule has 1 saturated heterocycles. The van der Waals surface area contributed by atoms with Crippen LogP contribution < -0.4 is 0 Å². The fourth-order valence-electron chi connectivity index (χ4n) is 2.34. The van der Waals surface area contributed by atoms with Gasteiger partial charge in [0, 0.05) is 12.6 Å². The minimum Gasteiger partial charge on any atom is -0.302 e. The maximum atomic E-state index is 13.2. The molecule has 1 aliphatic heterocycles. The number of rotatable bonds is 4. The molecule has 0 spiro atoms. The largest absolute Gasteiger partial charge is 0.305 e. The van der Waals surface area contributed by atoms with E-state index in [2.05, 4.69) is 4.90 Å². The van der Waals surface area contributed by atoms with E-state index in [1.807, 2.05) is 0 Å². The second kappa shape index (κ2) is 6.30. The van der Waals surface area contributed by atoms with E-state index in [-0.39, 0.29) is 5.38 Å². The number of hydrogen-bond acceptors (Lipinski definition) is 3. The van der Waals surface area contributed by atoms with Crippen molar-refractivity contribution in [3.05, 3.63) is 39.7 Å². The van der Waals surface area contributed by atoms with Crippen molar-refractivity contribution in [1.82, 2.24) is 4.90 Å². The predicted molar refractivity (Wildman–Crippen MR) is 71.9 cm³/mol. The van der Waals surface area contributed by atoms with Crippen LogP contribution in [-0.2, 0) is 0 Å². The number of nitro benzene ring substituents is 1. The van der Waals surface area contributed by atoms with Crippen LogP contribution in [0.15, 0.2) is 18.2 Å². The maximum absolute atomic E-state index is 13.2. The number of likely N-dealkylation sites (tertiary alicyclic amines) is 1. The molecule has 0 bridgehead atoms. The average Bonchev–Trinajstić information content (AvgIpc) is 2.40. The Morgan fingerprint density at radius 3 is 2.68 bits per heavy atom. The summed E-state index contributed by atoms with van der Waals surface area (Å²) in [7, 11) is 0. The zero-order chi connectivity index (χ0) is 13.8. The van der Waals surface area contributed by atoms with Gasteiger partial charge in [-0.05, 0) is 37.6 Å². The number of nitro groups is 1. The molecule has 0 aromatic heterocycles. The Morgan fingerprint density at radius 1 is 1.37 bits per heavy atom. The van der Waals surface area contributed by atoms with Crippen LogP contribution in [0.3, 0.4) is 0 Å². The van der Waals surface area contributed by atoms with Crippen LogP contribution in [0.4, 0.5) is 10.1 Å². The molecular formula is C13H16ClFN2O2. The fourth-order valence-corrected chi connectivity index (χ4v) is 2.67. The second-order valence-corrected chi connectivity index (χ2v) is 5.32. The van der Waals surface area contributed by atoms with Gasteiger partial charge in [0.15, 0.2) is 0 Å². The van der Waals surface area contributed by atoms with E-state index < -0.39 is 16.4 Å². The van der Waals surface area contributed by atoms with Gasteiger partial charge in [-0.25, -0.2) is 0 Å². The lowest BCUT2D eigenvalue weighted by Crippen LogP contribution is -2.32. The molecule has 0 saturated carbocycles. The Bertz CT molecular complexity index is 464. The molecule has 104 valence electrons. The molecule has 4 nitrogen and oxygen atoms in total. The Kier molecular flexibility index (Phi) is 4.71. The molecule has 1 unspecified atom stereocenters. The summed E-state index contributed by atoms with van der Waals surface area (Å²) in [5, 5.41) is 10.3. The number of piperidine rings is 1. The zero-order valence-electron chi connectivity index (χ0n) is 10.5. The standard InChI is InChI=1S/C13H16ClFN2O2/c14-11(9-16-6-2-1-3-7-16)10-4-5-12(15)13(8-10)17(18)19/h4-5,8,11H,1-3,6-7,9H2. The van der Waals surface area contributed by atoms with Crippen LogP contribution in [0.1, 0.15) is 30.2 Å². The summed E-state index contributed by atoms with van der Waals surface area (Å²) in [6.07, 6.45) is 3.56. The Balaban J connectivity index is 2.07. The molecule has 1 aromatic carbocycles. The topological polar surface area (TPSA) is 46.4 Å². The molecule has 1 atom stereocenters. The van der Waals surface area contributed by atoms with Crippen molar-refractivity contribution in [3.8, 4) is 0 Å². The van der Waals surface area contributed by atoms with Gasteiger partial charge in [0.1, 0.15) is 0 Å². The van der Waals surface area contributed by atoms with Gasteiger partial charge in [-0.1, -0.05) is 12.5 Å². The molecule has 0 amide bonds. The van der Waals surface area contributed by atoms with E-state index in [4.69, 9.17) is 11.6 Å². The molecule has 2 rings (SSSR count). The Labute approximate surface area is 116 Å². The lowest BCUT2D eigenvalue weighted by atomic mass is 10.1. The highest BCUT2D eigenvalue weighted by atomic mass is 35.5. The maximum Gasteiger partial charge on any atom is 0.305 e. The molecule has 6 heteroatoms. The monoisotopic (exact) mass is 286 g/mol. The van der Waals surface area contributed by atoms with Crippen LogP contribution in [-0.4, -0.2) is 29.5 Å². The van der Waals surface area contributed by atoms with Crippen molar-refractivity contribution >= 4 is 17.3 Å². The summed E-state index contributed by atoms with van der Waals surface area (Å²) in [5.74, 6) is -0.824. The predicted octanol–water partition coefficient (Wildman–Crippen LogP) is 3.50. The fraction of sp³-hybridized carbons (Fsp3) is 0.538. The van der Waals surface area contributed by atoms with Gasteiger partial charge in [0.25, 0.3) is 0 Å². The molecule has 0 aliphatic carbocycles. The summed E-state index contributed by atoms with van der Waals surface area (Å²) >= 11 is 6.28. The van der Waals surface area contributed by atoms with Crippen LogP contribution in [0, 0.1) is 15.9 Å². The van der Waals surface area contributed by atoms with Gasteiger partial charge in [-0.2, -0.15) is 4.39 Å². The minimum atomic E-state index is -0.824. The van der Waals surface area contributed by atoms with E-state index in [9.17, 15) is 14.5 Å². The number of benzene rings is 1.